The van der Waals surface area contributed by atoms with Gasteiger partial charge in [-0.3, -0.25) is 9.69 Å². The molecule has 0 saturated heterocycles. The topological polar surface area (TPSA) is 109 Å². The Labute approximate surface area is 185 Å². The summed E-state index contributed by atoms with van der Waals surface area (Å²) in [6.45, 7) is 0. The Morgan fingerprint density at radius 1 is 0.938 bits per heavy atom. The Morgan fingerprint density at radius 2 is 1.56 bits per heavy atom. The van der Waals surface area contributed by atoms with Gasteiger partial charge in [0.25, 0.3) is 5.91 Å². The molecule has 4 rings (SSSR count). The fourth-order valence-electron chi connectivity index (χ4n) is 3.68. The lowest BCUT2D eigenvalue weighted by atomic mass is 9.82. The van der Waals surface area contributed by atoms with Crippen molar-refractivity contribution < 1.29 is 14.3 Å². The first kappa shape index (κ1) is 20.9. The van der Waals surface area contributed by atoms with Gasteiger partial charge in [0.1, 0.15) is 5.75 Å². The lowest BCUT2D eigenvalue weighted by Crippen LogP contribution is -2.41. The zero-order valence-electron chi connectivity index (χ0n) is 17.7. The predicted molar refractivity (Wildman–Crippen MR) is 124 cm³/mol. The zero-order valence-corrected chi connectivity index (χ0v) is 17.7. The number of carbonyl (C=O) groups excluding carboxylic acids is 2. The molecule has 8 nitrogen and oxygen atoms in total. The molecule has 0 bridgehead atoms. The van der Waals surface area contributed by atoms with E-state index in [4.69, 9.17) is 10.5 Å². The molecule has 0 saturated carbocycles. The van der Waals surface area contributed by atoms with E-state index in [1.54, 1.807) is 62.7 Å². The third-order valence-electron chi connectivity index (χ3n) is 5.30. The molecule has 1 heterocycles. The standard InChI is InChI=1S/C24H23N5O3/c1-29-21(30)24(28-22(29)25,16-8-4-3-5-9-16)17-10-6-11-18(14-17)26-23(31)27-19-12-7-13-20(15-19)32-2/h3-15H,1-2H3,(H2,25,28)(H2,26,27,31). The fraction of sp³-hybridized carbons (Fsp3) is 0.125. The molecule has 1 aliphatic rings. The van der Waals surface area contributed by atoms with E-state index in [-0.39, 0.29) is 11.9 Å². The van der Waals surface area contributed by atoms with Crippen molar-refractivity contribution >= 4 is 29.3 Å². The van der Waals surface area contributed by atoms with Crippen LogP contribution in [-0.4, -0.2) is 37.0 Å². The maximum atomic E-state index is 13.3. The molecule has 3 amide bonds. The lowest BCUT2D eigenvalue weighted by Gasteiger charge is -2.26. The molecule has 0 spiro atoms. The Hall–Kier alpha value is -4.33. The van der Waals surface area contributed by atoms with Crippen LogP contribution in [0.1, 0.15) is 11.1 Å². The number of ether oxygens (including phenoxy) is 1. The highest BCUT2D eigenvalue weighted by atomic mass is 16.5. The highest BCUT2D eigenvalue weighted by Crippen LogP contribution is 2.39. The number of rotatable bonds is 5. The van der Waals surface area contributed by atoms with Crippen molar-refractivity contribution in [2.24, 2.45) is 10.7 Å². The Morgan fingerprint density at radius 3 is 2.19 bits per heavy atom. The number of nitrogens with two attached hydrogens (primary N) is 1. The van der Waals surface area contributed by atoms with Crippen LogP contribution >= 0.6 is 0 Å². The van der Waals surface area contributed by atoms with Gasteiger partial charge in [-0.15, -0.1) is 0 Å². The largest absolute Gasteiger partial charge is 0.497 e. The van der Waals surface area contributed by atoms with E-state index in [0.717, 1.165) is 0 Å². The summed E-state index contributed by atoms with van der Waals surface area (Å²) in [5.41, 5.74) is 7.08. The van der Waals surface area contributed by atoms with Gasteiger partial charge < -0.3 is 21.1 Å². The van der Waals surface area contributed by atoms with E-state index in [1.165, 1.54) is 4.90 Å². The van der Waals surface area contributed by atoms with Gasteiger partial charge in [0, 0.05) is 24.5 Å². The van der Waals surface area contributed by atoms with Crippen LogP contribution < -0.4 is 21.1 Å². The van der Waals surface area contributed by atoms with Crippen molar-refractivity contribution in [2.75, 3.05) is 24.8 Å². The number of hydrogen-bond acceptors (Lipinski definition) is 5. The molecule has 8 heteroatoms. The number of benzene rings is 3. The van der Waals surface area contributed by atoms with Crippen LogP contribution in [0.4, 0.5) is 16.2 Å². The van der Waals surface area contributed by atoms with E-state index in [9.17, 15) is 9.59 Å². The number of carbonyl (C=O) groups is 2. The number of nitrogens with one attached hydrogen (secondary N) is 2. The summed E-state index contributed by atoms with van der Waals surface area (Å²) in [5.74, 6) is 0.501. The van der Waals surface area contributed by atoms with E-state index in [1.807, 2.05) is 30.3 Å². The summed E-state index contributed by atoms with van der Waals surface area (Å²) in [7, 11) is 3.15. The minimum absolute atomic E-state index is 0.132. The first-order valence-electron chi connectivity index (χ1n) is 9.95. The third-order valence-corrected chi connectivity index (χ3v) is 5.30. The summed E-state index contributed by atoms with van der Waals surface area (Å²) in [6, 6.07) is 22.9. The molecule has 162 valence electrons. The number of nitrogens with zero attached hydrogens (tertiary/aromatic N) is 2. The third kappa shape index (κ3) is 3.74. The number of likely N-dealkylation sites (N-methyl/N-ethyl adjacent to an activating group) is 1. The Balaban J connectivity index is 1.65. The number of urea groups is 1. The number of methoxy groups -OCH3 is 1. The van der Waals surface area contributed by atoms with E-state index >= 15 is 0 Å². The summed E-state index contributed by atoms with van der Waals surface area (Å²) in [5, 5.41) is 5.57. The van der Waals surface area contributed by atoms with Gasteiger partial charge in [0.2, 0.25) is 0 Å². The average Bonchev–Trinajstić information content (AvgIpc) is 3.04. The van der Waals surface area contributed by atoms with Gasteiger partial charge >= 0.3 is 6.03 Å². The quantitative estimate of drug-likeness (QED) is 0.578. The summed E-state index contributed by atoms with van der Waals surface area (Å²) in [6.07, 6.45) is 0. The molecule has 0 aliphatic carbocycles. The second-order valence-electron chi connectivity index (χ2n) is 7.30. The molecule has 0 fully saturated rings. The smallest absolute Gasteiger partial charge is 0.323 e. The number of aliphatic imine (C=N–C) groups is 1. The van der Waals surface area contributed by atoms with Gasteiger partial charge in [-0.1, -0.05) is 48.5 Å². The summed E-state index contributed by atoms with van der Waals surface area (Å²) in [4.78, 5) is 31.7. The van der Waals surface area contributed by atoms with Crippen LogP contribution in [0, 0.1) is 0 Å². The molecule has 0 aromatic heterocycles. The van der Waals surface area contributed by atoms with E-state index in [2.05, 4.69) is 15.6 Å². The second kappa shape index (κ2) is 8.43. The molecule has 4 N–H and O–H groups in total. The van der Waals surface area contributed by atoms with Gasteiger partial charge in [0.05, 0.1) is 7.11 Å². The van der Waals surface area contributed by atoms with Crippen molar-refractivity contribution in [2.45, 2.75) is 5.54 Å². The molecular weight excluding hydrogens is 406 g/mol. The molecule has 32 heavy (non-hydrogen) atoms. The number of guanidine groups is 1. The molecule has 3 aromatic rings. The van der Waals surface area contributed by atoms with Gasteiger partial charge in [0.15, 0.2) is 11.5 Å². The van der Waals surface area contributed by atoms with E-state index in [0.29, 0.717) is 28.3 Å². The molecule has 3 aromatic carbocycles. The summed E-state index contributed by atoms with van der Waals surface area (Å²) < 4.78 is 5.18. The van der Waals surface area contributed by atoms with Crippen LogP contribution in [0.25, 0.3) is 0 Å². The van der Waals surface area contributed by atoms with Crippen molar-refractivity contribution in [1.82, 2.24) is 4.90 Å². The summed E-state index contributed by atoms with van der Waals surface area (Å²) >= 11 is 0. The average molecular weight is 429 g/mol. The first-order valence-corrected chi connectivity index (χ1v) is 9.95. The molecule has 1 unspecified atom stereocenters. The fourth-order valence-corrected chi connectivity index (χ4v) is 3.68. The highest BCUT2D eigenvalue weighted by Gasteiger charge is 2.49. The maximum Gasteiger partial charge on any atom is 0.323 e. The maximum absolute atomic E-state index is 13.3. The van der Waals surface area contributed by atoms with Crippen LogP contribution in [0.2, 0.25) is 0 Å². The molecule has 1 atom stereocenters. The SMILES string of the molecule is COc1cccc(NC(=O)Nc2cccc(C3(c4ccccc4)N=C(N)N(C)C3=O)c2)c1. The monoisotopic (exact) mass is 429 g/mol. The van der Waals surface area contributed by atoms with Crippen molar-refractivity contribution in [1.29, 1.82) is 0 Å². The number of anilines is 2. The number of amides is 3. The minimum Gasteiger partial charge on any atom is -0.497 e. The second-order valence-corrected chi connectivity index (χ2v) is 7.30. The van der Waals surface area contributed by atoms with Gasteiger partial charge in [-0.2, -0.15) is 0 Å². The van der Waals surface area contributed by atoms with Crippen LogP contribution in [0.15, 0.2) is 83.9 Å². The van der Waals surface area contributed by atoms with Crippen molar-refractivity contribution in [3.05, 3.63) is 90.0 Å². The van der Waals surface area contributed by atoms with Gasteiger partial charge in [-0.25, -0.2) is 9.79 Å². The molecule has 0 radical (unpaired) electrons. The van der Waals surface area contributed by atoms with Crippen LogP contribution in [-0.2, 0) is 10.3 Å². The molecular formula is C24H23N5O3. The van der Waals surface area contributed by atoms with Gasteiger partial charge in [-0.05, 0) is 35.4 Å². The van der Waals surface area contributed by atoms with E-state index < -0.39 is 11.6 Å². The number of hydrogen-bond donors (Lipinski definition) is 3. The minimum atomic E-state index is -1.32. The van der Waals surface area contributed by atoms with Crippen LogP contribution in [0.5, 0.6) is 5.75 Å². The zero-order chi connectivity index (χ0) is 22.7. The Kier molecular flexibility index (Phi) is 5.51. The lowest BCUT2D eigenvalue weighted by molar-refractivity contribution is -0.129. The highest BCUT2D eigenvalue weighted by molar-refractivity contribution is 6.09. The van der Waals surface area contributed by atoms with Crippen molar-refractivity contribution in [3.8, 4) is 5.75 Å². The molecule has 1 aliphatic heterocycles. The van der Waals surface area contributed by atoms with Crippen molar-refractivity contribution in [3.63, 3.8) is 0 Å². The predicted octanol–water partition coefficient (Wildman–Crippen LogP) is 3.37. The Bertz CT molecular complexity index is 1200. The van der Waals surface area contributed by atoms with Crippen LogP contribution in [0.3, 0.4) is 0 Å². The normalized spacial score (nSPS) is 17.6. The first-order chi connectivity index (χ1) is 15.4.